The molecule has 1 aromatic rings. The van der Waals surface area contributed by atoms with Crippen molar-refractivity contribution in [2.24, 2.45) is 0 Å². The highest BCUT2D eigenvalue weighted by Gasteiger charge is 2.48. The van der Waals surface area contributed by atoms with Gasteiger partial charge in [-0.15, -0.1) is 0 Å². The normalized spacial score (nSPS) is 20.5. The molecule has 1 atom stereocenters. The van der Waals surface area contributed by atoms with Crippen LogP contribution in [0.2, 0.25) is 0 Å². The van der Waals surface area contributed by atoms with Crippen molar-refractivity contribution in [2.75, 3.05) is 25.3 Å². The van der Waals surface area contributed by atoms with E-state index in [2.05, 4.69) is 5.32 Å². The largest absolute Gasteiger partial charge is 0.497 e. The number of carbonyl (C=O) groups is 1. The van der Waals surface area contributed by atoms with Crippen LogP contribution >= 0.6 is 0 Å². The maximum Gasteiger partial charge on any atom is 0.264 e. The van der Waals surface area contributed by atoms with Gasteiger partial charge < -0.3 is 10.1 Å². The van der Waals surface area contributed by atoms with Gasteiger partial charge in [0, 0.05) is 5.69 Å². The number of hydrogen-bond donors (Lipinski definition) is 1. The van der Waals surface area contributed by atoms with Crippen molar-refractivity contribution in [3.63, 3.8) is 0 Å². The van der Waals surface area contributed by atoms with E-state index in [1.165, 1.54) is 7.11 Å². The van der Waals surface area contributed by atoms with E-state index in [0.29, 0.717) is 17.0 Å². The predicted octanol–water partition coefficient (Wildman–Crippen LogP) is 0.775. The molecule has 0 bridgehead atoms. The lowest BCUT2D eigenvalue weighted by Gasteiger charge is -2.23. The van der Waals surface area contributed by atoms with Crippen LogP contribution in [0.5, 0.6) is 5.75 Å². The van der Waals surface area contributed by atoms with Crippen LogP contribution in [0.25, 0.3) is 0 Å². The number of nitriles is 1. The monoisotopic (exact) mass is 310 g/mol. The Hall–Kier alpha value is -2.11. The number of fused-ring (bicyclic) bond motifs is 1. The summed E-state index contributed by atoms with van der Waals surface area (Å²) < 4.78 is 32.3. The highest BCUT2D eigenvalue weighted by Crippen LogP contribution is 2.42. The molecular formula is C13H14N2O5S. The standard InChI is InChI=1S/C13H14N2O5S/c1-19-9-3-4-11-10(7-9)13(5-6-14,12(16)15-11)8-20-21(2,17)18/h3-4,7H,5,8H2,1-2H3,(H,15,16)/t13-/m1/s1. The van der Waals surface area contributed by atoms with Crippen molar-refractivity contribution < 1.29 is 22.1 Å². The Morgan fingerprint density at radius 3 is 2.71 bits per heavy atom. The van der Waals surface area contributed by atoms with Gasteiger partial charge in [0.1, 0.15) is 11.2 Å². The van der Waals surface area contributed by atoms with E-state index in [-0.39, 0.29) is 6.42 Å². The van der Waals surface area contributed by atoms with Crippen molar-refractivity contribution in [2.45, 2.75) is 11.8 Å². The van der Waals surface area contributed by atoms with Gasteiger partial charge in [0.05, 0.1) is 32.5 Å². The van der Waals surface area contributed by atoms with Gasteiger partial charge in [-0.1, -0.05) is 0 Å². The fourth-order valence-electron chi connectivity index (χ4n) is 2.23. The number of rotatable bonds is 5. The third kappa shape index (κ3) is 2.84. The van der Waals surface area contributed by atoms with Crippen LogP contribution in [0.4, 0.5) is 5.69 Å². The Labute approximate surface area is 122 Å². The van der Waals surface area contributed by atoms with Gasteiger partial charge in [-0.25, -0.2) is 0 Å². The molecule has 0 aromatic heterocycles. The maximum atomic E-state index is 12.3. The zero-order valence-electron chi connectivity index (χ0n) is 11.5. The first-order valence-corrected chi connectivity index (χ1v) is 7.85. The molecule has 1 heterocycles. The van der Waals surface area contributed by atoms with Crippen molar-refractivity contribution in [1.82, 2.24) is 0 Å². The number of methoxy groups -OCH3 is 1. The zero-order valence-corrected chi connectivity index (χ0v) is 12.4. The minimum absolute atomic E-state index is 0.200. The average Bonchev–Trinajstić information content (AvgIpc) is 2.69. The van der Waals surface area contributed by atoms with E-state index < -0.39 is 28.0 Å². The van der Waals surface area contributed by atoms with E-state index in [9.17, 15) is 13.2 Å². The molecule has 0 unspecified atom stereocenters. The molecule has 0 saturated heterocycles. The highest BCUT2D eigenvalue weighted by molar-refractivity contribution is 7.85. The molecule has 0 saturated carbocycles. The summed E-state index contributed by atoms with van der Waals surface area (Å²) in [7, 11) is -2.25. The highest BCUT2D eigenvalue weighted by atomic mass is 32.2. The maximum absolute atomic E-state index is 12.3. The van der Waals surface area contributed by atoms with Gasteiger partial charge in [-0.2, -0.15) is 13.7 Å². The number of amides is 1. The number of nitrogens with zero attached hydrogens (tertiary/aromatic N) is 1. The summed E-state index contributed by atoms with van der Waals surface area (Å²) in [5, 5.41) is 11.7. The van der Waals surface area contributed by atoms with Crippen LogP contribution in [-0.2, 0) is 24.5 Å². The number of anilines is 1. The number of benzene rings is 1. The molecule has 1 N–H and O–H groups in total. The lowest BCUT2D eigenvalue weighted by molar-refractivity contribution is -0.121. The van der Waals surface area contributed by atoms with Gasteiger partial charge in [0.25, 0.3) is 10.1 Å². The Morgan fingerprint density at radius 1 is 1.43 bits per heavy atom. The Balaban J connectivity index is 2.51. The molecule has 1 amide bonds. The number of hydrogen-bond acceptors (Lipinski definition) is 6. The van der Waals surface area contributed by atoms with E-state index in [1.54, 1.807) is 18.2 Å². The summed E-state index contributed by atoms with van der Waals surface area (Å²) in [4.78, 5) is 12.3. The second-order valence-corrected chi connectivity index (χ2v) is 6.39. The third-order valence-corrected chi connectivity index (χ3v) is 3.87. The molecule has 1 aromatic carbocycles. The van der Waals surface area contributed by atoms with Crippen LogP contribution in [-0.4, -0.2) is 34.3 Å². The predicted molar refractivity (Wildman–Crippen MR) is 74.3 cm³/mol. The van der Waals surface area contributed by atoms with Crippen molar-refractivity contribution in [3.05, 3.63) is 23.8 Å². The van der Waals surface area contributed by atoms with Gasteiger partial charge in [-0.3, -0.25) is 8.98 Å². The smallest absolute Gasteiger partial charge is 0.264 e. The first-order valence-electron chi connectivity index (χ1n) is 6.04. The molecule has 1 aliphatic rings. The number of ether oxygens (including phenoxy) is 1. The van der Waals surface area contributed by atoms with Crippen molar-refractivity contribution in [3.8, 4) is 11.8 Å². The van der Waals surface area contributed by atoms with Crippen LogP contribution in [0, 0.1) is 11.3 Å². The molecule has 1 aliphatic heterocycles. The Kier molecular flexibility index (Phi) is 3.89. The lowest BCUT2D eigenvalue weighted by Crippen LogP contribution is -2.39. The third-order valence-electron chi connectivity index (χ3n) is 3.33. The molecular weight excluding hydrogens is 296 g/mol. The molecule has 2 rings (SSSR count). The van der Waals surface area contributed by atoms with Crippen molar-refractivity contribution >= 4 is 21.7 Å². The molecule has 0 radical (unpaired) electrons. The second kappa shape index (κ2) is 5.35. The summed E-state index contributed by atoms with van der Waals surface area (Å²) in [6.45, 7) is -0.425. The van der Waals surface area contributed by atoms with Gasteiger partial charge >= 0.3 is 0 Å². The van der Waals surface area contributed by atoms with E-state index in [1.807, 2.05) is 6.07 Å². The summed E-state index contributed by atoms with van der Waals surface area (Å²) >= 11 is 0. The fourth-order valence-corrected chi connectivity index (χ4v) is 2.65. The lowest BCUT2D eigenvalue weighted by atomic mass is 9.80. The average molecular weight is 310 g/mol. The molecule has 8 heteroatoms. The van der Waals surface area contributed by atoms with E-state index >= 15 is 0 Å². The van der Waals surface area contributed by atoms with Crippen LogP contribution in [0.3, 0.4) is 0 Å². The van der Waals surface area contributed by atoms with Gasteiger partial charge in [0.15, 0.2) is 0 Å². The van der Waals surface area contributed by atoms with Crippen LogP contribution in [0.15, 0.2) is 18.2 Å². The summed E-state index contributed by atoms with van der Waals surface area (Å²) in [5.41, 5.74) is -0.341. The summed E-state index contributed by atoms with van der Waals surface area (Å²) in [6, 6.07) is 6.84. The molecule has 21 heavy (non-hydrogen) atoms. The first kappa shape index (κ1) is 15.3. The summed E-state index contributed by atoms with van der Waals surface area (Å²) in [6.07, 6.45) is 0.695. The summed E-state index contributed by atoms with van der Waals surface area (Å²) in [5.74, 6) is 0.0443. The SMILES string of the molecule is COc1ccc2c(c1)[C@@](CC#N)(COS(C)(=O)=O)C(=O)N2. The molecule has 0 aliphatic carbocycles. The van der Waals surface area contributed by atoms with Crippen LogP contribution < -0.4 is 10.1 Å². The molecule has 0 fully saturated rings. The van der Waals surface area contributed by atoms with Crippen LogP contribution in [0.1, 0.15) is 12.0 Å². The molecule has 7 nitrogen and oxygen atoms in total. The Morgan fingerprint density at radius 2 is 2.14 bits per heavy atom. The fraction of sp³-hybridized carbons (Fsp3) is 0.385. The minimum Gasteiger partial charge on any atom is -0.497 e. The molecule has 0 spiro atoms. The van der Waals surface area contributed by atoms with Gasteiger partial charge in [0.2, 0.25) is 5.91 Å². The van der Waals surface area contributed by atoms with E-state index in [4.69, 9.17) is 14.2 Å². The number of carbonyl (C=O) groups excluding carboxylic acids is 1. The van der Waals surface area contributed by atoms with Gasteiger partial charge in [-0.05, 0) is 23.8 Å². The second-order valence-electron chi connectivity index (χ2n) is 4.75. The quantitative estimate of drug-likeness (QED) is 0.805. The Bertz CT molecular complexity index is 723. The van der Waals surface area contributed by atoms with E-state index in [0.717, 1.165) is 6.26 Å². The first-order chi connectivity index (χ1) is 9.82. The topological polar surface area (TPSA) is 105 Å². The molecule has 112 valence electrons. The zero-order chi connectivity index (χ0) is 15.7. The minimum atomic E-state index is -3.73. The number of nitrogens with one attached hydrogen (secondary N) is 1. The van der Waals surface area contributed by atoms with Crippen molar-refractivity contribution in [1.29, 1.82) is 5.26 Å².